The van der Waals surface area contributed by atoms with Crippen LogP contribution < -0.4 is 0 Å². The Morgan fingerprint density at radius 1 is 1.31 bits per heavy atom. The summed E-state index contributed by atoms with van der Waals surface area (Å²) in [7, 11) is 0. The van der Waals surface area contributed by atoms with Gasteiger partial charge in [0.25, 0.3) is 0 Å². The average Bonchev–Trinajstić information content (AvgIpc) is 2.78. The second-order valence-corrected chi connectivity index (χ2v) is 5.05. The highest BCUT2D eigenvalue weighted by atomic mass is 14.6. The van der Waals surface area contributed by atoms with E-state index in [4.69, 9.17) is 10.5 Å². The third-order valence-electron chi connectivity index (χ3n) is 3.02. The van der Waals surface area contributed by atoms with E-state index in [2.05, 4.69) is 32.9 Å². The lowest BCUT2D eigenvalue weighted by Crippen LogP contribution is -2.28. The molecule has 1 fully saturated rings. The molecule has 0 bridgehead atoms. The van der Waals surface area contributed by atoms with Gasteiger partial charge in [0.15, 0.2) is 0 Å². The average molecular weight is 176 g/mol. The maximum Gasteiger partial charge on any atom is 0.0693 e. The predicted molar refractivity (Wildman–Crippen MR) is 50.5 cm³/mol. The molecule has 0 aromatic heterocycles. The van der Waals surface area contributed by atoms with Gasteiger partial charge in [-0.2, -0.15) is 10.5 Å². The smallest absolute Gasteiger partial charge is 0.0693 e. The predicted octanol–water partition coefficient (Wildman–Crippen LogP) is 2.87. The van der Waals surface area contributed by atoms with Crippen LogP contribution in [-0.4, -0.2) is 0 Å². The molecular formula is C11H16N2. The van der Waals surface area contributed by atoms with E-state index in [1.165, 1.54) is 0 Å². The molecule has 1 saturated carbocycles. The first-order valence-corrected chi connectivity index (χ1v) is 4.74. The summed E-state index contributed by atoms with van der Waals surface area (Å²) in [5.74, 6) is 0.231. The van der Waals surface area contributed by atoms with E-state index in [1.807, 2.05) is 0 Å². The standard InChI is InChI=1S/C11H16N2/c1-10(2,3)9(4-7-12)11(8-13)5-6-11/h9H,4-6H2,1-3H3. The number of hydrogen-bond donors (Lipinski definition) is 0. The highest BCUT2D eigenvalue weighted by Crippen LogP contribution is 2.57. The molecule has 0 aromatic carbocycles. The normalized spacial score (nSPS) is 21.3. The van der Waals surface area contributed by atoms with Crippen molar-refractivity contribution in [3.05, 3.63) is 0 Å². The molecule has 0 N–H and O–H groups in total. The van der Waals surface area contributed by atoms with Gasteiger partial charge in [0.2, 0.25) is 0 Å². The minimum absolute atomic E-state index is 0.0714. The molecule has 1 atom stereocenters. The fourth-order valence-electron chi connectivity index (χ4n) is 2.09. The third-order valence-corrected chi connectivity index (χ3v) is 3.02. The third kappa shape index (κ3) is 1.83. The summed E-state index contributed by atoms with van der Waals surface area (Å²) in [5, 5.41) is 17.8. The summed E-state index contributed by atoms with van der Waals surface area (Å²) in [6.07, 6.45) is 2.47. The van der Waals surface area contributed by atoms with E-state index >= 15 is 0 Å². The first-order valence-electron chi connectivity index (χ1n) is 4.74. The van der Waals surface area contributed by atoms with Crippen molar-refractivity contribution in [3.63, 3.8) is 0 Å². The van der Waals surface area contributed by atoms with Crippen LogP contribution in [0.3, 0.4) is 0 Å². The Bertz CT molecular complexity index is 268. The second-order valence-electron chi connectivity index (χ2n) is 5.05. The molecule has 0 saturated heterocycles. The molecule has 1 rings (SSSR count). The maximum absolute atomic E-state index is 9.06. The van der Waals surface area contributed by atoms with Crippen LogP contribution in [0, 0.1) is 39.4 Å². The number of hydrogen-bond acceptors (Lipinski definition) is 2. The van der Waals surface area contributed by atoms with E-state index in [0.717, 1.165) is 12.8 Å². The van der Waals surface area contributed by atoms with Crippen molar-refractivity contribution in [1.29, 1.82) is 10.5 Å². The van der Waals surface area contributed by atoms with Crippen LogP contribution >= 0.6 is 0 Å². The van der Waals surface area contributed by atoms with E-state index in [-0.39, 0.29) is 16.7 Å². The summed E-state index contributed by atoms with van der Waals surface area (Å²) in [5.41, 5.74) is -0.101. The second kappa shape index (κ2) is 3.04. The Balaban J connectivity index is 2.83. The molecule has 1 aliphatic rings. The summed E-state index contributed by atoms with van der Waals surface area (Å²) < 4.78 is 0. The van der Waals surface area contributed by atoms with Gasteiger partial charge in [0.1, 0.15) is 0 Å². The van der Waals surface area contributed by atoms with Gasteiger partial charge >= 0.3 is 0 Å². The summed E-state index contributed by atoms with van der Waals surface area (Å²) in [6, 6.07) is 4.60. The molecule has 0 aliphatic heterocycles. The first-order chi connectivity index (χ1) is 5.96. The molecule has 0 amide bonds. The van der Waals surface area contributed by atoms with Crippen LogP contribution in [0.1, 0.15) is 40.0 Å². The molecule has 0 heterocycles. The largest absolute Gasteiger partial charge is 0.198 e. The monoisotopic (exact) mass is 176 g/mol. The molecule has 2 nitrogen and oxygen atoms in total. The van der Waals surface area contributed by atoms with Gasteiger partial charge in [-0.1, -0.05) is 20.8 Å². The van der Waals surface area contributed by atoms with E-state index in [0.29, 0.717) is 6.42 Å². The summed E-state index contributed by atoms with van der Waals surface area (Å²) >= 11 is 0. The Labute approximate surface area is 80.2 Å². The van der Waals surface area contributed by atoms with Gasteiger partial charge in [-0.25, -0.2) is 0 Å². The lowest BCUT2D eigenvalue weighted by Gasteiger charge is -2.32. The minimum Gasteiger partial charge on any atom is -0.198 e. The molecule has 0 aromatic rings. The van der Waals surface area contributed by atoms with Gasteiger partial charge in [0, 0.05) is 6.42 Å². The SMILES string of the molecule is CC(C)(C)C(CC#N)C1(C#N)CC1. The van der Waals surface area contributed by atoms with Crippen molar-refractivity contribution >= 4 is 0 Å². The van der Waals surface area contributed by atoms with Crippen molar-refractivity contribution in [2.75, 3.05) is 0 Å². The maximum atomic E-state index is 9.06. The fraction of sp³-hybridized carbons (Fsp3) is 0.818. The van der Waals surface area contributed by atoms with Gasteiger partial charge < -0.3 is 0 Å². The topological polar surface area (TPSA) is 47.6 Å². The van der Waals surface area contributed by atoms with Crippen LogP contribution in [0.2, 0.25) is 0 Å². The lowest BCUT2D eigenvalue weighted by molar-refractivity contribution is 0.179. The van der Waals surface area contributed by atoms with Crippen molar-refractivity contribution in [2.45, 2.75) is 40.0 Å². The summed E-state index contributed by atoms with van der Waals surface area (Å²) in [4.78, 5) is 0. The van der Waals surface area contributed by atoms with Gasteiger partial charge in [-0.3, -0.25) is 0 Å². The van der Waals surface area contributed by atoms with Gasteiger partial charge in [0.05, 0.1) is 17.6 Å². The van der Waals surface area contributed by atoms with Gasteiger partial charge in [-0.05, 0) is 24.2 Å². The van der Waals surface area contributed by atoms with Crippen molar-refractivity contribution in [1.82, 2.24) is 0 Å². The van der Waals surface area contributed by atoms with Crippen molar-refractivity contribution < 1.29 is 0 Å². The highest BCUT2D eigenvalue weighted by molar-refractivity contribution is 5.16. The van der Waals surface area contributed by atoms with Crippen LogP contribution in [0.15, 0.2) is 0 Å². The van der Waals surface area contributed by atoms with E-state index in [9.17, 15) is 0 Å². The van der Waals surface area contributed by atoms with E-state index in [1.54, 1.807) is 0 Å². The minimum atomic E-state index is -0.173. The van der Waals surface area contributed by atoms with E-state index < -0.39 is 0 Å². The molecule has 0 radical (unpaired) electrons. The number of nitriles is 2. The number of nitrogens with zero attached hydrogens (tertiary/aromatic N) is 2. The molecule has 2 heteroatoms. The molecule has 70 valence electrons. The van der Waals surface area contributed by atoms with Crippen LogP contribution in [-0.2, 0) is 0 Å². The highest BCUT2D eigenvalue weighted by Gasteiger charge is 2.53. The van der Waals surface area contributed by atoms with Crippen LogP contribution in [0.25, 0.3) is 0 Å². The van der Waals surface area contributed by atoms with Crippen molar-refractivity contribution in [2.24, 2.45) is 16.7 Å². The molecule has 13 heavy (non-hydrogen) atoms. The van der Waals surface area contributed by atoms with Crippen LogP contribution in [0.4, 0.5) is 0 Å². The van der Waals surface area contributed by atoms with Crippen LogP contribution in [0.5, 0.6) is 0 Å². The fourth-order valence-corrected chi connectivity index (χ4v) is 2.09. The Morgan fingerprint density at radius 3 is 2.08 bits per heavy atom. The number of rotatable bonds is 2. The molecule has 1 unspecified atom stereocenters. The molecular weight excluding hydrogens is 160 g/mol. The Hall–Kier alpha value is -1.02. The molecule has 0 spiro atoms. The molecule has 1 aliphatic carbocycles. The zero-order chi connectivity index (χ0) is 10.1. The Morgan fingerprint density at radius 2 is 1.85 bits per heavy atom. The zero-order valence-electron chi connectivity index (χ0n) is 8.59. The first kappa shape index (κ1) is 10.1. The lowest BCUT2D eigenvalue weighted by atomic mass is 9.70. The van der Waals surface area contributed by atoms with Gasteiger partial charge in [-0.15, -0.1) is 0 Å². The zero-order valence-corrected chi connectivity index (χ0v) is 8.59. The quantitative estimate of drug-likeness (QED) is 0.649. The Kier molecular flexibility index (Phi) is 2.35. The summed E-state index contributed by atoms with van der Waals surface area (Å²) in [6.45, 7) is 6.35. The van der Waals surface area contributed by atoms with Crippen molar-refractivity contribution in [3.8, 4) is 12.1 Å².